The van der Waals surface area contributed by atoms with Gasteiger partial charge in [0.1, 0.15) is 5.82 Å². The molecule has 340 valence electrons. The Kier molecular flexibility index (Phi) is 24.1. The molecule has 0 amide bonds. The molecule has 0 unspecified atom stereocenters. The number of aryl methyl sites for hydroxylation is 5. The minimum absolute atomic E-state index is 0.479. The largest absolute Gasteiger partial charge is 0.261 e. The third-order valence-electron chi connectivity index (χ3n) is 9.80. The van der Waals surface area contributed by atoms with Crippen LogP contribution in [-0.2, 0) is 6.42 Å². The second kappa shape index (κ2) is 28.3. The van der Waals surface area contributed by atoms with E-state index in [1.54, 1.807) is 12.4 Å². The van der Waals surface area contributed by atoms with Crippen LogP contribution in [0.25, 0.3) is 0 Å². The van der Waals surface area contributed by atoms with Gasteiger partial charge in [0.2, 0.25) is 0 Å². The lowest BCUT2D eigenvalue weighted by Gasteiger charge is -2.04. The molecule has 11 nitrogen and oxygen atoms in total. The molecule has 7 rings (SSSR count). The molecule has 6 heterocycles. The van der Waals surface area contributed by atoms with Gasteiger partial charge in [0, 0.05) is 55.0 Å². The first kappa shape index (κ1) is 53.7. The van der Waals surface area contributed by atoms with E-state index in [0.717, 1.165) is 58.0 Å². The van der Waals surface area contributed by atoms with Crippen LogP contribution in [0.1, 0.15) is 212 Å². The van der Waals surface area contributed by atoms with E-state index in [4.69, 9.17) is 0 Å². The Morgan fingerprint density at radius 3 is 1.37 bits per heavy atom. The summed E-state index contributed by atoms with van der Waals surface area (Å²) in [5.41, 5.74) is 12.1. The Morgan fingerprint density at radius 1 is 0.429 bits per heavy atom. The fourth-order valence-corrected chi connectivity index (χ4v) is 5.12. The average Bonchev–Trinajstić information content (AvgIpc) is 4.12. The van der Waals surface area contributed by atoms with Gasteiger partial charge in [0.15, 0.2) is 0 Å². The molecular weight excluding hydrogens is 779 g/mol. The highest BCUT2D eigenvalue weighted by atomic mass is 15.1. The molecule has 1 aliphatic carbocycles. The quantitative estimate of drug-likeness (QED) is 0.144. The minimum atomic E-state index is 0.479. The van der Waals surface area contributed by atoms with Crippen LogP contribution in [0.15, 0.2) is 79.8 Å². The van der Waals surface area contributed by atoms with E-state index < -0.39 is 0 Å². The summed E-state index contributed by atoms with van der Waals surface area (Å²) in [6.07, 6.45) is 16.6. The maximum Gasteiger partial charge on any atom is 0.125 e. The molecule has 0 atom stereocenters. The summed E-state index contributed by atoms with van der Waals surface area (Å²) in [4.78, 5) is 29.2. The molecule has 1 saturated carbocycles. The number of aromatic nitrogens is 11. The number of hydrogen-bond acceptors (Lipinski definition) is 11. The fraction of sp³-hybridized carbons (Fsp3) is 0.519. The van der Waals surface area contributed by atoms with Gasteiger partial charge in [-0.05, 0) is 124 Å². The van der Waals surface area contributed by atoms with Crippen molar-refractivity contribution in [1.82, 2.24) is 55.3 Å². The van der Waals surface area contributed by atoms with Crippen LogP contribution in [-0.4, -0.2) is 55.3 Å². The zero-order valence-corrected chi connectivity index (χ0v) is 41.6. The van der Waals surface area contributed by atoms with Crippen molar-refractivity contribution < 1.29 is 0 Å². The average molecular weight is 856 g/mol. The minimum Gasteiger partial charge on any atom is -0.261 e. The third-order valence-corrected chi connectivity index (χ3v) is 9.80. The fourth-order valence-electron chi connectivity index (χ4n) is 5.12. The van der Waals surface area contributed by atoms with Gasteiger partial charge in [-0.2, -0.15) is 20.4 Å². The van der Waals surface area contributed by atoms with Crippen molar-refractivity contribution in [3.8, 4) is 0 Å². The van der Waals surface area contributed by atoms with E-state index in [1.807, 2.05) is 70.8 Å². The zero-order chi connectivity index (χ0) is 47.1. The molecule has 6 aromatic rings. The lowest BCUT2D eigenvalue weighted by molar-refractivity contribution is 0.766. The highest BCUT2D eigenvalue weighted by Gasteiger charge is 2.25. The Labute approximate surface area is 380 Å². The van der Waals surface area contributed by atoms with Gasteiger partial charge in [-0.15, -0.1) is 0 Å². The van der Waals surface area contributed by atoms with E-state index in [-0.39, 0.29) is 0 Å². The predicted octanol–water partition coefficient (Wildman–Crippen LogP) is 12.9. The van der Waals surface area contributed by atoms with E-state index in [9.17, 15) is 0 Å². The molecular formula is C52H77N11. The maximum atomic E-state index is 4.32. The number of pyridine rings is 1. The van der Waals surface area contributed by atoms with Crippen molar-refractivity contribution in [2.24, 2.45) is 0 Å². The SMILES string of the molecule is CC(C)c1ccc(C2CC2)nn1.CCc1ccc(C(C)C)cn1.Cc1ccc(C(C)C)nn1.Cc1cnc(C(C)C)cn1.Cc1cncc(C(C)C)n1.Cc1ncc(C(C)C)cn1. The summed E-state index contributed by atoms with van der Waals surface area (Å²) in [5.74, 6) is 4.61. The normalized spacial score (nSPS) is 11.7. The summed E-state index contributed by atoms with van der Waals surface area (Å²) in [5, 5.41) is 16.4. The lowest BCUT2D eigenvalue weighted by Crippen LogP contribution is -1.97. The van der Waals surface area contributed by atoms with E-state index >= 15 is 0 Å². The van der Waals surface area contributed by atoms with Crippen LogP contribution >= 0.6 is 0 Å². The van der Waals surface area contributed by atoms with Crippen molar-refractivity contribution in [2.45, 2.75) is 178 Å². The summed E-state index contributed by atoms with van der Waals surface area (Å²) in [6, 6.07) is 12.5. The Bertz CT molecular complexity index is 1950. The summed E-state index contributed by atoms with van der Waals surface area (Å²) < 4.78 is 0. The van der Waals surface area contributed by atoms with Crippen LogP contribution < -0.4 is 0 Å². The third kappa shape index (κ3) is 22.0. The van der Waals surface area contributed by atoms with Crippen molar-refractivity contribution in [3.05, 3.63) is 148 Å². The standard InChI is InChI=1S/C10H14N2.C10H15N.4C8H12N2/c1-7(2)9-5-6-10(12-11-9)8-3-4-8;1-4-10-6-5-9(7-11-10)8(2)3;1-6(2)8-4-9-7(3)10-5-8;1-6(2)8-5-9-7(3)4-10-8;1-6(2)8-5-9-4-7(3)10-8;1-6(2)8-5-4-7(3)9-10-8/h5-8H,3-4H2,1-2H3;5-8H,4H2,1-3H3;4*4-6H,1-3H3. The summed E-state index contributed by atoms with van der Waals surface area (Å²) in [7, 11) is 0. The summed E-state index contributed by atoms with van der Waals surface area (Å²) >= 11 is 0. The van der Waals surface area contributed by atoms with Crippen molar-refractivity contribution in [1.29, 1.82) is 0 Å². The molecule has 63 heavy (non-hydrogen) atoms. The van der Waals surface area contributed by atoms with Gasteiger partial charge in [-0.25, -0.2) is 9.97 Å². The van der Waals surface area contributed by atoms with Gasteiger partial charge in [-0.1, -0.05) is 96.1 Å². The molecule has 6 aromatic heterocycles. The molecule has 11 heteroatoms. The van der Waals surface area contributed by atoms with E-state index in [1.165, 1.54) is 35.4 Å². The first-order valence-electron chi connectivity index (χ1n) is 22.7. The molecule has 0 spiro atoms. The Balaban J connectivity index is 0.000000261. The molecule has 1 aliphatic rings. The number of hydrogen-bond donors (Lipinski definition) is 0. The monoisotopic (exact) mass is 856 g/mol. The molecule has 0 aromatic carbocycles. The van der Waals surface area contributed by atoms with Crippen LogP contribution in [0.2, 0.25) is 0 Å². The van der Waals surface area contributed by atoms with Crippen LogP contribution in [0.4, 0.5) is 0 Å². The molecule has 0 N–H and O–H groups in total. The van der Waals surface area contributed by atoms with Crippen LogP contribution in [0.5, 0.6) is 0 Å². The summed E-state index contributed by atoms with van der Waals surface area (Å²) in [6.45, 7) is 35.4. The topological polar surface area (TPSA) is 142 Å². The van der Waals surface area contributed by atoms with Gasteiger partial charge in [0.25, 0.3) is 0 Å². The number of nitrogens with zero attached hydrogens (tertiary/aromatic N) is 11. The van der Waals surface area contributed by atoms with E-state index in [0.29, 0.717) is 35.5 Å². The van der Waals surface area contributed by atoms with Gasteiger partial charge in [0.05, 0.1) is 45.6 Å². The molecule has 0 bridgehead atoms. The van der Waals surface area contributed by atoms with E-state index in [2.05, 4.69) is 170 Å². The van der Waals surface area contributed by atoms with Gasteiger partial charge >= 0.3 is 0 Å². The first-order valence-corrected chi connectivity index (χ1v) is 22.7. The highest BCUT2D eigenvalue weighted by Crippen LogP contribution is 2.38. The second-order valence-corrected chi connectivity index (χ2v) is 17.9. The van der Waals surface area contributed by atoms with Gasteiger partial charge in [-0.3, -0.25) is 24.9 Å². The Hall–Kier alpha value is -5.45. The Morgan fingerprint density at radius 2 is 0.984 bits per heavy atom. The van der Waals surface area contributed by atoms with Gasteiger partial charge < -0.3 is 0 Å². The van der Waals surface area contributed by atoms with Crippen molar-refractivity contribution in [3.63, 3.8) is 0 Å². The zero-order valence-electron chi connectivity index (χ0n) is 41.6. The number of rotatable bonds is 8. The first-order chi connectivity index (χ1) is 29.8. The van der Waals surface area contributed by atoms with Crippen molar-refractivity contribution >= 4 is 0 Å². The molecule has 0 saturated heterocycles. The van der Waals surface area contributed by atoms with Crippen LogP contribution in [0.3, 0.4) is 0 Å². The molecule has 0 aliphatic heterocycles. The molecule has 0 radical (unpaired) electrons. The molecule has 1 fully saturated rings. The predicted molar refractivity (Wildman–Crippen MR) is 259 cm³/mol. The lowest BCUT2D eigenvalue weighted by atomic mass is 10.1. The highest BCUT2D eigenvalue weighted by molar-refractivity contribution is 5.18. The maximum absolute atomic E-state index is 4.32. The smallest absolute Gasteiger partial charge is 0.125 e. The van der Waals surface area contributed by atoms with Crippen molar-refractivity contribution in [2.75, 3.05) is 0 Å². The van der Waals surface area contributed by atoms with Crippen LogP contribution in [0, 0.1) is 27.7 Å². The second-order valence-electron chi connectivity index (χ2n) is 17.9.